The molecule has 5 heteroatoms. The first-order valence-corrected chi connectivity index (χ1v) is 9.46. The lowest BCUT2D eigenvalue weighted by atomic mass is 10.1. The van der Waals surface area contributed by atoms with Crippen LogP contribution in [0.1, 0.15) is 28.1 Å². The van der Waals surface area contributed by atoms with Gasteiger partial charge in [-0.05, 0) is 42.8 Å². The summed E-state index contributed by atoms with van der Waals surface area (Å²) in [5.41, 5.74) is 5.40. The highest BCUT2D eigenvalue weighted by molar-refractivity contribution is 5.91. The average Bonchev–Trinajstić information content (AvgIpc) is 3.19. The van der Waals surface area contributed by atoms with Gasteiger partial charge in [-0.2, -0.15) is 10.5 Å². The Morgan fingerprint density at radius 2 is 1.87 bits per heavy atom. The second kappa shape index (κ2) is 8.34. The van der Waals surface area contributed by atoms with Crippen LogP contribution in [0.15, 0.2) is 66.7 Å². The number of hydrogen-bond acceptors (Lipinski definition) is 4. The van der Waals surface area contributed by atoms with Crippen LogP contribution in [0.2, 0.25) is 0 Å². The number of nitrogens with zero attached hydrogens (tertiary/aromatic N) is 3. The summed E-state index contributed by atoms with van der Waals surface area (Å²) in [5, 5.41) is 19.0. The average molecular weight is 390 g/mol. The van der Waals surface area contributed by atoms with Crippen LogP contribution in [0, 0.1) is 29.6 Å². The molecule has 0 spiro atoms. The van der Waals surface area contributed by atoms with Gasteiger partial charge in [-0.15, -0.1) is 0 Å². The van der Waals surface area contributed by atoms with Gasteiger partial charge in [0.1, 0.15) is 24.3 Å². The minimum absolute atomic E-state index is 0.264. The fourth-order valence-electron chi connectivity index (χ4n) is 3.20. The number of aryl methyl sites for hydroxylation is 1. The molecule has 0 fully saturated rings. The van der Waals surface area contributed by atoms with Gasteiger partial charge in [0.2, 0.25) is 0 Å². The smallest absolute Gasteiger partial charge is 0.149 e. The Morgan fingerprint density at radius 3 is 2.70 bits per heavy atom. The van der Waals surface area contributed by atoms with Crippen molar-refractivity contribution in [3.63, 3.8) is 0 Å². The highest BCUT2D eigenvalue weighted by Crippen LogP contribution is 2.26. The molecule has 0 amide bonds. The van der Waals surface area contributed by atoms with Gasteiger partial charge in [0, 0.05) is 11.1 Å². The van der Waals surface area contributed by atoms with Crippen molar-refractivity contribution >= 4 is 22.7 Å². The zero-order valence-corrected chi connectivity index (χ0v) is 16.4. The topological polar surface area (TPSA) is 85.5 Å². The lowest BCUT2D eigenvalue weighted by Crippen LogP contribution is -1.99. The summed E-state index contributed by atoms with van der Waals surface area (Å²) in [4.78, 5) is 7.77. The van der Waals surface area contributed by atoms with Gasteiger partial charge in [0.25, 0.3) is 0 Å². The molecule has 0 saturated heterocycles. The third-order valence-corrected chi connectivity index (χ3v) is 4.75. The maximum atomic E-state index is 9.73. The minimum atomic E-state index is 0.264. The van der Waals surface area contributed by atoms with Gasteiger partial charge in [-0.1, -0.05) is 42.5 Å². The number of ether oxygens (including phenoxy) is 1. The molecular formula is C25H18N4O. The number of para-hydroxylation sites is 1. The molecule has 0 aliphatic heterocycles. The predicted octanol–water partition coefficient (Wildman–Crippen LogP) is 5.39. The number of fused-ring (bicyclic) bond motifs is 1. The molecule has 0 saturated carbocycles. The van der Waals surface area contributed by atoms with Gasteiger partial charge in [-0.25, -0.2) is 4.98 Å². The molecule has 0 aliphatic carbocycles. The van der Waals surface area contributed by atoms with Gasteiger partial charge in [0.05, 0.1) is 28.2 Å². The van der Waals surface area contributed by atoms with Gasteiger partial charge >= 0.3 is 0 Å². The van der Waals surface area contributed by atoms with Crippen LogP contribution < -0.4 is 4.74 Å². The van der Waals surface area contributed by atoms with Crippen LogP contribution in [-0.2, 0) is 6.61 Å². The number of aromatic amines is 1. The number of hydrogen-bond donors (Lipinski definition) is 1. The van der Waals surface area contributed by atoms with Crippen molar-refractivity contribution in [1.29, 1.82) is 10.5 Å². The second-order valence-corrected chi connectivity index (χ2v) is 6.87. The molecular weight excluding hydrogens is 372 g/mol. The fourth-order valence-corrected chi connectivity index (χ4v) is 3.20. The molecule has 0 aliphatic rings. The molecule has 5 nitrogen and oxygen atoms in total. The summed E-state index contributed by atoms with van der Waals surface area (Å²) in [6, 6.07) is 25.2. The highest BCUT2D eigenvalue weighted by Gasteiger charge is 2.10. The zero-order chi connectivity index (χ0) is 20.9. The number of benzene rings is 3. The van der Waals surface area contributed by atoms with Crippen molar-refractivity contribution in [2.45, 2.75) is 13.5 Å². The second-order valence-electron chi connectivity index (χ2n) is 6.87. The Morgan fingerprint density at radius 1 is 1.07 bits per heavy atom. The Kier molecular flexibility index (Phi) is 5.28. The third-order valence-electron chi connectivity index (χ3n) is 4.75. The first-order chi connectivity index (χ1) is 14.7. The van der Waals surface area contributed by atoms with Crippen LogP contribution in [0.5, 0.6) is 5.75 Å². The fraction of sp³-hybridized carbons (Fsp3) is 0.0800. The van der Waals surface area contributed by atoms with Crippen molar-refractivity contribution in [3.8, 4) is 17.9 Å². The largest absolute Gasteiger partial charge is 0.488 e. The van der Waals surface area contributed by atoms with Crippen molar-refractivity contribution in [2.75, 3.05) is 0 Å². The molecule has 1 aromatic heterocycles. The third kappa shape index (κ3) is 3.92. The van der Waals surface area contributed by atoms with Crippen LogP contribution in [-0.4, -0.2) is 9.97 Å². The maximum Gasteiger partial charge on any atom is 0.149 e. The SMILES string of the molecule is Cc1ccc2nc(C(C#N)=Cc3ccccc3OCc3ccccc3C#N)[nH]c2c1. The first-order valence-electron chi connectivity index (χ1n) is 9.46. The van der Waals surface area contributed by atoms with Crippen molar-refractivity contribution in [2.24, 2.45) is 0 Å². The zero-order valence-electron chi connectivity index (χ0n) is 16.4. The predicted molar refractivity (Wildman–Crippen MR) is 116 cm³/mol. The van der Waals surface area contributed by atoms with E-state index < -0.39 is 0 Å². The van der Waals surface area contributed by atoms with Gasteiger partial charge in [0.15, 0.2) is 0 Å². The number of allylic oxidation sites excluding steroid dienone is 1. The number of aromatic nitrogens is 2. The quantitative estimate of drug-likeness (QED) is 0.463. The Labute approximate surface area is 174 Å². The van der Waals surface area contributed by atoms with Crippen LogP contribution in [0.4, 0.5) is 0 Å². The molecule has 4 aromatic rings. The van der Waals surface area contributed by atoms with E-state index in [1.54, 1.807) is 12.1 Å². The summed E-state index contributed by atoms with van der Waals surface area (Å²) < 4.78 is 5.99. The number of H-pyrrole nitrogens is 1. The molecule has 30 heavy (non-hydrogen) atoms. The van der Waals surface area contributed by atoms with E-state index in [-0.39, 0.29) is 6.61 Å². The van der Waals surface area contributed by atoms with Crippen LogP contribution in [0.25, 0.3) is 22.7 Å². The molecule has 144 valence electrons. The number of nitrogens with one attached hydrogen (secondary N) is 1. The molecule has 0 radical (unpaired) electrons. The minimum Gasteiger partial charge on any atom is -0.488 e. The van der Waals surface area contributed by atoms with E-state index in [4.69, 9.17) is 4.74 Å². The lowest BCUT2D eigenvalue weighted by molar-refractivity contribution is 0.305. The Balaban J connectivity index is 1.65. The van der Waals surface area contributed by atoms with E-state index in [9.17, 15) is 10.5 Å². The molecule has 4 rings (SSSR count). The monoisotopic (exact) mass is 390 g/mol. The van der Waals surface area contributed by atoms with Crippen LogP contribution in [0.3, 0.4) is 0 Å². The summed E-state index contributed by atoms with van der Waals surface area (Å²) >= 11 is 0. The van der Waals surface area contributed by atoms with Crippen molar-refractivity contribution in [3.05, 3.63) is 94.8 Å². The summed E-state index contributed by atoms with van der Waals surface area (Å²) in [7, 11) is 0. The molecule has 0 atom stereocenters. The molecule has 0 unspecified atom stereocenters. The lowest BCUT2D eigenvalue weighted by Gasteiger charge is -2.10. The normalized spacial score (nSPS) is 11.1. The Hall–Kier alpha value is -4.35. The van der Waals surface area contributed by atoms with E-state index in [0.717, 1.165) is 27.7 Å². The summed E-state index contributed by atoms with van der Waals surface area (Å²) in [6.07, 6.45) is 1.76. The van der Waals surface area contributed by atoms with E-state index in [1.165, 1.54) is 0 Å². The number of nitriles is 2. The molecule has 1 heterocycles. The Bertz CT molecular complexity index is 1340. The summed E-state index contributed by atoms with van der Waals surface area (Å²) in [6.45, 7) is 2.28. The van der Waals surface area contributed by atoms with E-state index >= 15 is 0 Å². The summed E-state index contributed by atoms with van der Waals surface area (Å²) in [5.74, 6) is 1.15. The van der Waals surface area contributed by atoms with E-state index in [0.29, 0.717) is 22.7 Å². The highest BCUT2D eigenvalue weighted by atomic mass is 16.5. The van der Waals surface area contributed by atoms with E-state index in [2.05, 4.69) is 22.1 Å². The van der Waals surface area contributed by atoms with Gasteiger partial charge in [-0.3, -0.25) is 0 Å². The first kappa shape index (κ1) is 19.0. The molecule has 3 aromatic carbocycles. The number of imidazole rings is 1. The number of rotatable bonds is 5. The molecule has 0 bridgehead atoms. The van der Waals surface area contributed by atoms with Crippen molar-refractivity contribution < 1.29 is 4.74 Å². The van der Waals surface area contributed by atoms with E-state index in [1.807, 2.05) is 67.6 Å². The van der Waals surface area contributed by atoms with Crippen molar-refractivity contribution in [1.82, 2.24) is 9.97 Å². The molecule has 1 N–H and O–H groups in total. The maximum absolute atomic E-state index is 9.73. The van der Waals surface area contributed by atoms with Gasteiger partial charge < -0.3 is 9.72 Å². The standard InChI is InChI=1S/C25H18N4O/c1-17-10-11-22-23(12-17)29-25(28-22)21(15-27)13-18-6-4-5-9-24(18)30-16-20-8-3-2-7-19(20)14-26/h2-13H,16H2,1H3,(H,28,29). The van der Waals surface area contributed by atoms with Crippen LogP contribution >= 0.6 is 0 Å².